The minimum Gasteiger partial charge on any atom is -0.508 e. The van der Waals surface area contributed by atoms with Crippen LogP contribution in [0.5, 0.6) is 11.5 Å². The van der Waals surface area contributed by atoms with Crippen LogP contribution in [0.2, 0.25) is 0 Å². The van der Waals surface area contributed by atoms with Crippen molar-refractivity contribution in [2.75, 3.05) is 26.2 Å². The Kier molecular flexibility index (Phi) is 29.4. The van der Waals surface area contributed by atoms with Crippen LogP contribution >= 0.6 is 62.0 Å². The molecule has 0 fully saturated rings. The first-order valence-electron chi connectivity index (χ1n) is 16.9. The lowest BCUT2D eigenvalue weighted by Gasteiger charge is -2.24. The summed E-state index contributed by atoms with van der Waals surface area (Å²) in [5.74, 6) is -2.03. The number of phenols is 2. The average molecular weight is 866 g/mol. The second kappa shape index (κ2) is 28.6. The van der Waals surface area contributed by atoms with Crippen molar-refractivity contribution in [3.63, 3.8) is 0 Å². The smallest absolute Gasteiger partial charge is 0.243 e. The Labute approximate surface area is 347 Å². The molecule has 0 aromatic heterocycles. The van der Waals surface area contributed by atoms with Crippen molar-refractivity contribution >= 4 is 85.7 Å². The van der Waals surface area contributed by atoms with E-state index in [1.165, 1.54) is 12.1 Å². The third-order valence-corrected chi connectivity index (χ3v) is 8.49. The van der Waals surface area contributed by atoms with E-state index in [9.17, 15) is 29.4 Å². The first-order chi connectivity index (χ1) is 23.4. The van der Waals surface area contributed by atoms with Crippen molar-refractivity contribution in [1.29, 1.82) is 0 Å². The predicted molar refractivity (Wildman–Crippen MR) is 223 cm³/mol. The number of hydrogen-bond acceptors (Lipinski definition) is 11. The van der Waals surface area contributed by atoms with Gasteiger partial charge in [-0.25, -0.2) is 0 Å². The highest BCUT2D eigenvalue weighted by Crippen LogP contribution is 2.31. The quantitative estimate of drug-likeness (QED) is 0.111. The maximum atomic E-state index is 13.6. The van der Waals surface area contributed by atoms with E-state index in [2.05, 4.69) is 21.3 Å². The molecule has 15 nitrogen and oxygen atoms in total. The SMILES string of the molecule is Cl.Cl.Cl.Cl.Cl.NCCC[C@H](N)CNC(=O)C[C@@H](N)CCCNC(=O)[C@@H]1Cc2cc(ccc2O)-c2ccc(O)c(c2)C[C@H](N)C(=O)N[C@@H](CCCN)C(=O)N1. The number of amides is 4. The number of aromatic hydroxyl groups is 2. The number of nitrogens with one attached hydrogen (secondary N) is 4. The predicted octanol–water partition coefficient (Wildman–Crippen LogP) is 0.804. The molecule has 0 aliphatic carbocycles. The Bertz CT molecular complexity index is 1450. The maximum absolute atomic E-state index is 13.6. The van der Waals surface area contributed by atoms with Crippen molar-refractivity contribution in [3.8, 4) is 22.6 Å². The molecular formula is C34H58Cl5N9O6. The van der Waals surface area contributed by atoms with Crippen LogP contribution in [0.4, 0.5) is 0 Å². The summed E-state index contributed by atoms with van der Waals surface area (Å²) in [7, 11) is 0. The molecule has 5 atom stereocenters. The molecule has 0 unspecified atom stereocenters. The van der Waals surface area contributed by atoms with Gasteiger partial charge in [0.1, 0.15) is 23.6 Å². The van der Waals surface area contributed by atoms with E-state index in [0.717, 1.165) is 6.42 Å². The van der Waals surface area contributed by atoms with Crippen LogP contribution in [0.1, 0.15) is 56.1 Å². The van der Waals surface area contributed by atoms with E-state index in [1.54, 1.807) is 24.3 Å². The molecule has 2 aromatic rings. The van der Waals surface area contributed by atoms with E-state index in [0.29, 0.717) is 61.0 Å². The van der Waals surface area contributed by atoms with Crippen LogP contribution in [0, 0.1) is 0 Å². The van der Waals surface area contributed by atoms with Gasteiger partial charge in [0, 0.05) is 44.4 Å². The molecule has 54 heavy (non-hydrogen) atoms. The number of carbonyl (C=O) groups is 4. The minimum atomic E-state index is -1.12. The fourth-order valence-electron chi connectivity index (χ4n) is 5.60. The molecule has 4 bridgehead atoms. The van der Waals surface area contributed by atoms with E-state index >= 15 is 0 Å². The standard InChI is InChI=1S/C34H53N9O6.5ClH/c35-11-1-4-25(38)19-41-31(46)18-24(37)5-3-13-40-33(48)28-17-23-15-21(8-10-30(23)45)20-7-9-29(44)22(14-20)16-26(39)32(47)42-27(6-2-12-36)34(49)43-28;;;;;/h7-10,14-15,24-28,44-45H,1-6,11-13,16-19,35-39H2,(H,40,48)(H,41,46)(H,42,47)(H,43,49);5*1H/t24-,25-,26-,27-,28-;;;;;/m0...../s1. The summed E-state index contributed by atoms with van der Waals surface area (Å²) in [6, 6.07) is 5.96. The van der Waals surface area contributed by atoms with E-state index in [-0.39, 0.29) is 124 Å². The molecule has 4 amide bonds. The summed E-state index contributed by atoms with van der Waals surface area (Å²) in [4.78, 5) is 52.5. The third-order valence-electron chi connectivity index (χ3n) is 8.49. The topological polar surface area (TPSA) is 287 Å². The number of halogens is 5. The van der Waals surface area contributed by atoms with Crippen molar-refractivity contribution < 1.29 is 29.4 Å². The lowest BCUT2D eigenvalue weighted by atomic mass is 9.95. The largest absolute Gasteiger partial charge is 0.508 e. The monoisotopic (exact) mass is 863 g/mol. The van der Waals surface area contributed by atoms with Gasteiger partial charge in [-0.05, 0) is 98.1 Å². The molecule has 0 spiro atoms. The minimum absolute atomic E-state index is 0. The van der Waals surface area contributed by atoms with Gasteiger partial charge in [-0.2, -0.15) is 0 Å². The Hall–Kier alpha value is -2.83. The molecule has 1 aliphatic rings. The van der Waals surface area contributed by atoms with Crippen LogP contribution in [0.15, 0.2) is 36.4 Å². The zero-order valence-corrected chi connectivity index (χ0v) is 34.1. The maximum Gasteiger partial charge on any atom is 0.243 e. The van der Waals surface area contributed by atoms with Crippen LogP contribution in [0.25, 0.3) is 11.1 Å². The summed E-state index contributed by atoms with van der Waals surface area (Å²) >= 11 is 0. The highest BCUT2D eigenvalue weighted by atomic mass is 35.5. The van der Waals surface area contributed by atoms with Gasteiger partial charge in [-0.1, -0.05) is 12.1 Å². The molecule has 0 saturated carbocycles. The highest BCUT2D eigenvalue weighted by Gasteiger charge is 2.29. The molecule has 310 valence electrons. The van der Waals surface area contributed by atoms with Crippen LogP contribution < -0.4 is 49.9 Å². The number of rotatable bonds is 15. The van der Waals surface area contributed by atoms with Crippen molar-refractivity contribution in [2.24, 2.45) is 28.7 Å². The number of phenolic OH excluding ortho intramolecular Hbond substituents is 2. The Morgan fingerprint density at radius 2 is 1.31 bits per heavy atom. The van der Waals surface area contributed by atoms with Crippen LogP contribution in [0.3, 0.4) is 0 Å². The van der Waals surface area contributed by atoms with Gasteiger partial charge in [-0.3, -0.25) is 19.2 Å². The number of hydrogen-bond donors (Lipinski definition) is 11. The first kappa shape index (κ1) is 55.5. The zero-order chi connectivity index (χ0) is 35.9. The summed E-state index contributed by atoms with van der Waals surface area (Å²) in [5, 5.41) is 32.3. The Balaban J connectivity index is -0.00000520. The summed E-state index contributed by atoms with van der Waals surface area (Å²) < 4.78 is 0. The van der Waals surface area contributed by atoms with Gasteiger partial charge in [0.2, 0.25) is 23.6 Å². The lowest BCUT2D eigenvalue weighted by Crippen LogP contribution is -2.56. The number of carbonyl (C=O) groups excluding carboxylic acids is 4. The summed E-state index contributed by atoms with van der Waals surface area (Å²) in [6.45, 7) is 1.36. The number of fused-ring (bicyclic) bond motifs is 5. The lowest BCUT2D eigenvalue weighted by molar-refractivity contribution is -0.132. The van der Waals surface area contributed by atoms with E-state index in [4.69, 9.17) is 28.7 Å². The van der Waals surface area contributed by atoms with E-state index in [1.807, 2.05) is 0 Å². The Morgan fingerprint density at radius 3 is 1.89 bits per heavy atom. The van der Waals surface area contributed by atoms with Gasteiger partial charge in [0.25, 0.3) is 0 Å². The van der Waals surface area contributed by atoms with Gasteiger partial charge in [-0.15, -0.1) is 62.0 Å². The summed E-state index contributed by atoms with van der Waals surface area (Å²) in [6.07, 6.45) is 3.07. The number of nitrogens with two attached hydrogens (primary N) is 5. The second-order valence-corrected chi connectivity index (χ2v) is 12.6. The molecule has 0 radical (unpaired) electrons. The fourth-order valence-corrected chi connectivity index (χ4v) is 5.60. The normalized spacial score (nSPS) is 17.6. The van der Waals surface area contributed by atoms with Gasteiger partial charge >= 0.3 is 0 Å². The molecule has 0 saturated heterocycles. The molecule has 16 N–H and O–H groups in total. The molecule has 2 aromatic carbocycles. The fraction of sp³-hybridized carbons (Fsp3) is 0.529. The van der Waals surface area contributed by atoms with E-state index < -0.39 is 41.9 Å². The molecular weight excluding hydrogens is 808 g/mol. The first-order valence-corrected chi connectivity index (χ1v) is 16.9. The molecule has 3 rings (SSSR count). The number of benzene rings is 2. The summed E-state index contributed by atoms with van der Waals surface area (Å²) in [5.41, 5.74) is 31.7. The van der Waals surface area contributed by atoms with Gasteiger partial charge < -0.3 is 60.1 Å². The highest BCUT2D eigenvalue weighted by molar-refractivity contribution is 5.93. The molecule has 1 heterocycles. The van der Waals surface area contributed by atoms with Crippen molar-refractivity contribution in [2.45, 2.75) is 88.0 Å². The van der Waals surface area contributed by atoms with Crippen molar-refractivity contribution in [3.05, 3.63) is 47.5 Å². The average Bonchev–Trinajstić information content (AvgIpc) is 3.07. The van der Waals surface area contributed by atoms with Gasteiger partial charge in [0.05, 0.1) is 6.04 Å². The third kappa shape index (κ3) is 18.2. The van der Waals surface area contributed by atoms with Crippen molar-refractivity contribution in [1.82, 2.24) is 21.3 Å². The second-order valence-electron chi connectivity index (χ2n) is 12.6. The van der Waals surface area contributed by atoms with Gasteiger partial charge in [0.15, 0.2) is 0 Å². The zero-order valence-electron chi connectivity index (χ0n) is 30.0. The van der Waals surface area contributed by atoms with Crippen LogP contribution in [-0.4, -0.2) is 90.2 Å². The Morgan fingerprint density at radius 1 is 0.759 bits per heavy atom. The molecule has 20 heteroatoms. The van der Waals surface area contributed by atoms with Crippen LogP contribution in [-0.2, 0) is 32.0 Å². The molecule has 1 aliphatic heterocycles.